The SMILES string of the molecule is CC(C)CC(NC(=O)CCl)C(=O)NCC(=O)O. The van der Waals surface area contributed by atoms with E-state index in [2.05, 4.69) is 10.6 Å². The van der Waals surface area contributed by atoms with E-state index in [0.29, 0.717) is 6.42 Å². The van der Waals surface area contributed by atoms with Crippen LogP contribution in [0, 0.1) is 5.92 Å². The first kappa shape index (κ1) is 15.7. The van der Waals surface area contributed by atoms with Gasteiger partial charge in [-0.05, 0) is 12.3 Å². The Bertz CT molecular complexity index is 294. The molecule has 6 nitrogen and oxygen atoms in total. The monoisotopic (exact) mass is 264 g/mol. The van der Waals surface area contributed by atoms with Gasteiger partial charge in [-0.3, -0.25) is 14.4 Å². The van der Waals surface area contributed by atoms with E-state index >= 15 is 0 Å². The maximum Gasteiger partial charge on any atom is 0.322 e. The average molecular weight is 265 g/mol. The van der Waals surface area contributed by atoms with Gasteiger partial charge in [-0.25, -0.2) is 0 Å². The molecule has 7 heteroatoms. The molecule has 0 aliphatic heterocycles. The predicted molar refractivity (Wildman–Crippen MR) is 62.8 cm³/mol. The standard InChI is InChI=1S/C10H17ClN2O4/c1-6(2)3-7(13-8(14)4-11)10(17)12-5-9(15)16/h6-7H,3-5H2,1-2H3,(H,12,17)(H,13,14)(H,15,16). The van der Waals surface area contributed by atoms with Crippen molar-refractivity contribution >= 4 is 29.4 Å². The average Bonchev–Trinajstić information content (AvgIpc) is 2.23. The van der Waals surface area contributed by atoms with Crippen LogP contribution < -0.4 is 10.6 Å². The first-order valence-electron chi connectivity index (χ1n) is 5.21. The number of nitrogens with one attached hydrogen (secondary N) is 2. The number of carboxylic acid groups (broad SMARTS) is 1. The topological polar surface area (TPSA) is 95.5 Å². The van der Waals surface area contributed by atoms with E-state index in [1.807, 2.05) is 13.8 Å². The zero-order valence-corrected chi connectivity index (χ0v) is 10.6. The van der Waals surface area contributed by atoms with Gasteiger partial charge in [0.1, 0.15) is 18.5 Å². The van der Waals surface area contributed by atoms with Gasteiger partial charge in [-0.1, -0.05) is 13.8 Å². The number of carbonyl (C=O) groups is 3. The lowest BCUT2D eigenvalue weighted by molar-refractivity contribution is -0.138. The second kappa shape index (κ2) is 7.89. The first-order valence-corrected chi connectivity index (χ1v) is 5.75. The van der Waals surface area contributed by atoms with Crippen molar-refractivity contribution < 1.29 is 19.5 Å². The fourth-order valence-electron chi connectivity index (χ4n) is 1.22. The van der Waals surface area contributed by atoms with Crippen molar-refractivity contribution in [2.45, 2.75) is 26.3 Å². The van der Waals surface area contributed by atoms with Crippen LogP contribution in [0.15, 0.2) is 0 Å². The maximum atomic E-state index is 11.6. The number of hydrogen-bond donors (Lipinski definition) is 3. The number of alkyl halides is 1. The van der Waals surface area contributed by atoms with Gasteiger partial charge >= 0.3 is 5.97 Å². The molecule has 98 valence electrons. The van der Waals surface area contributed by atoms with Crippen LogP contribution in [0.2, 0.25) is 0 Å². The Morgan fingerprint density at radius 3 is 2.29 bits per heavy atom. The molecular weight excluding hydrogens is 248 g/mol. The van der Waals surface area contributed by atoms with Crippen LogP contribution in [0.1, 0.15) is 20.3 Å². The molecule has 0 aromatic carbocycles. The molecule has 0 spiro atoms. The second-order valence-corrected chi connectivity index (χ2v) is 4.26. The van der Waals surface area contributed by atoms with E-state index in [4.69, 9.17) is 16.7 Å². The van der Waals surface area contributed by atoms with Crippen LogP contribution in [-0.4, -0.2) is 41.4 Å². The molecule has 0 aromatic rings. The summed E-state index contributed by atoms with van der Waals surface area (Å²) < 4.78 is 0. The molecule has 0 saturated carbocycles. The fraction of sp³-hybridized carbons (Fsp3) is 0.700. The predicted octanol–water partition coefficient (Wildman–Crippen LogP) is -0.0431. The highest BCUT2D eigenvalue weighted by atomic mass is 35.5. The van der Waals surface area contributed by atoms with Crippen molar-refractivity contribution in [2.24, 2.45) is 5.92 Å². The molecule has 2 amide bonds. The van der Waals surface area contributed by atoms with Crippen LogP contribution in [0.4, 0.5) is 0 Å². The van der Waals surface area contributed by atoms with E-state index in [-0.39, 0.29) is 11.8 Å². The van der Waals surface area contributed by atoms with E-state index in [1.54, 1.807) is 0 Å². The number of carboxylic acids is 1. The molecule has 0 heterocycles. The quantitative estimate of drug-likeness (QED) is 0.562. The summed E-state index contributed by atoms with van der Waals surface area (Å²) in [5, 5.41) is 13.1. The largest absolute Gasteiger partial charge is 0.480 e. The summed E-state index contributed by atoms with van der Waals surface area (Å²) in [5.74, 6) is -2.15. The number of rotatable bonds is 7. The van der Waals surface area contributed by atoms with E-state index < -0.39 is 30.4 Å². The van der Waals surface area contributed by atoms with Gasteiger partial charge in [-0.15, -0.1) is 11.6 Å². The fourth-order valence-corrected chi connectivity index (χ4v) is 1.30. The van der Waals surface area contributed by atoms with Crippen LogP contribution >= 0.6 is 11.6 Å². The molecule has 0 aliphatic carbocycles. The highest BCUT2D eigenvalue weighted by Gasteiger charge is 2.21. The summed E-state index contributed by atoms with van der Waals surface area (Å²) in [5.41, 5.74) is 0. The summed E-state index contributed by atoms with van der Waals surface area (Å²) in [7, 11) is 0. The van der Waals surface area contributed by atoms with Gasteiger partial charge in [0.2, 0.25) is 11.8 Å². The Labute approximate surface area is 105 Å². The molecule has 1 atom stereocenters. The van der Waals surface area contributed by atoms with Crippen molar-refractivity contribution in [3.05, 3.63) is 0 Å². The zero-order valence-electron chi connectivity index (χ0n) is 9.83. The zero-order chi connectivity index (χ0) is 13.4. The molecule has 0 aromatic heterocycles. The van der Waals surface area contributed by atoms with E-state index in [0.717, 1.165) is 0 Å². The Morgan fingerprint density at radius 2 is 1.88 bits per heavy atom. The van der Waals surface area contributed by atoms with Crippen molar-refractivity contribution in [2.75, 3.05) is 12.4 Å². The number of hydrogen-bond acceptors (Lipinski definition) is 3. The molecule has 17 heavy (non-hydrogen) atoms. The second-order valence-electron chi connectivity index (χ2n) is 3.99. The molecule has 0 aliphatic rings. The Morgan fingerprint density at radius 1 is 1.29 bits per heavy atom. The lowest BCUT2D eigenvalue weighted by Crippen LogP contribution is -2.48. The first-order chi connectivity index (χ1) is 7.86. The normalized spacial score (nSPS) is 12.0. The summed E-state index contributed by atoms with van der Waals surface area (Å²) >= 11 is 5.33. The summed E-state index contributed by atoms with van der Waals surface area (Å²) in [4.78, 5) is 33.0. The van der Waals surface area contributed by atoms with Crippen molar-refractivity contribution in [3.63, 3.8) is 0 Å². The Hall–Kier alpha value is -1.30. The smallest absolute Gasteiger partial charge is 0.322 e. The van der Waals surface area contributed by atoms with Crippen molar-refractivity contribution in [3.8, 4) is 0 Å². The summed E-state index contributed by atoms with van der Waals surface area (Å²) in [6.45, 7) is 3.32. The summed E-state index contributed by atoms with van der Waals surface area (Å²) in [6.07, 6.45) is 0.425. The van der Waals surface area contributed by atoms with Crippen molar-refractivity contribution in [1.29, 1.82) is 0 Å². The highest BCUT2D eigenvalue weighted by molar-refractivity contribution is 6.27. The molecule has 0 fully saturated rings. The van der Waals surface area contributed by atoms with Gasteiger partial charge in [-0.2, -0.15) is 0 Å². The van der Waals surface area contributed by atoms with Gasteiger partial charge < -0.3 is 15.7 Å². The van der Waals surface area contributed by atoms with Gasteiger partial charge in [0.05, 0.1) is 0 Å². The number of aliphatic carboxylic acids is 1. The number of amides is 2. The van der Waals surface area contributed by atoms with Crippen LogP contribution in [0.3, 0.4) is 0 Å². The maximum absolute atomic E-state index is 11.6. The van der Waals surface area contributed by atoms with Crippen molar-refractivity contribution in [1.82, 2.24) is 10.6 Å². The van der Waals surface area contributed by atoms with Crippen LogP contribution in [0.5, 0.6) is 0 Å². The van der Waals surface area contributed by atoms with Crippen LogP contribution in [0.25, 0.3) is 0 Å². The minimum atomic E-state index is -1.13. The molecule has 3 N–H and O–H groups in total. The minimum absolute atomic E-state index is 0.186. The highest BCUT2D eigenvalue weighted by Crippen LogP contribution is 2.05. The molecular formula is C10H17ClN2O4. The molecule has 0 radical (unpaired) electrons. The third kappa shape index (κ3) is 7.57. The van der Waals surface area contributed by atoms with Crippen LogP contribution in [-0.2, 0) is 14.4 Å². The molecule has 1 unspecified atom stereocenters. The lowest BCUT2D eigenvalue weighted by Gasteiger charge is -2.19. The third-order valence-electron chi connectivity index (χ3n) is 1.89. The minimum Gasteiger partial charge on any atom is -0.480 e. The van der Waals surface area contributed by atoms with E-state index in [1.165, 1.54) is 0 Å². The van der Waals surface area contributed by atoms with Gasteiger partial charge in [0.25, 0.3) is 0 Å². The third-order valence-corrected chi connectivity index (χ3v) is 2.14. The Balaban J connectivity index is 4.39. The van der Waals surface area contributed by atoms with Gasteiger partial charge in [0, 0.05) is 0 Å². The summed E-state index contributed by atoms with van der Waals surface area (Å²) in [6, 6.07) is -0.749. The molecule has 0 rings (SSSR count). The number of carbonyl (C=O) groups excluding carboxylic acids is 2. The lowest BCUT2D eigenvalue weighted by atomic mass is 10.0. The molecule has 0 saturated heterocycles. The Kier molecular flexibility index (Phi) is 7.29. The number of halogens is 1. The molecule has 0 bridgehead atoms. The van der Waals surface area contributed by atoms with Gasteiger partial charge in [0.15, 0.2) is 0 Å². The van der Waals surface area contributed by atoms with E-state index in [9.17, 15) is 14.4 Å².